The summed E-state index contributed by atoms with van der Waals surface area (Å²) in [6, 6.07) is 14.4. The smallest absolute Gasteiger partial charge is 0.404 e. The van der Waals surface area contributed by atoms with Gasteiger partial charge in [0.15, 0.2) is 0 Å². The van der Waals surface area contributed by atoms with Gasteiger partial charge in [0.25, 0.3) is 0 Å². The molecular formula is C23H34NO3Si. The van der Waals surface area contributed by atoms with Gasteiger partial charge >= 0.3 is 6.09 Å². The maximum absolute atomic E-state index is 10.7. The summed E-state index contributed by atoms with van der Waals surface area (Å²) in [5.41, 5.74) is 5.51. The molecule has 5 heteroatoms. The van der Waals surface area contributed by atoms with Gasteiger partial charge in [-0.1, -0.05) is 65.0 Å². The Bertz CT molecular complexity index is 769. The van der Waals surface area contributed by atoms with Crippen LogP contribution >= 0.6 is 0 Å². The van der Waals surface area contributed by atoms with Crippen LogP contribution in [0, 0.1) is 6.92 Å². The molecule has 0 bridgehead atoms. The van der Waals surface area contributed by atoms with E-state index < -0.39 is 15.1 Å². The monoisotopic (exact) mass is 400 g/mol. The Labute approximate surface area is 171 Å². The van der Waals surface area contributed by atoms with Crippen molar-refractivity contribution < 1.29 is 14.3 Å². The van der Waals surface area contributed by atoms with Gasteiger partial charge in [-0.25, -0.2) is 4.79 Å². The first-order chi connectivity index (χ1) is 13.2. The molecule has 0 aliphatic carbocycles. The zero-order valence-electron chi connectivity index (χ0n) is 18.2. The standard InChI is InChI=1S/C21H28NO3Si.C2H6/c1-15-9-10-16(13-22-20(23)24)12-19(15)18-8-6-7-17(11-18)14-25-26(5)21(2,3)4;1-2/h6-12,22H,13-14H2,1-5H3,(H,23,24);1-2H3. The zero-order valence-corrected chi connectivity index (χ0v) is 19.2. The van der Waals surface area contributed by atoms with Gasteiger partial charge in [0, 0.05) is 6.54 Å². The van der Waals surface area contributed by atoms with Crippen LogP contribution in [0.25, 0.3) is 11.1 Å². The second kappa shape index (κ2) is 11.0. The van der Waals surface area contributed by atoms with Crippen molar-refractivity contribution in [3.8, 4) is 11.1 Å². The quantitative estimate of drug-likeness (QED) is 0.552. The van der Waals surface area contributed by atoms with Crippen LogP contribution < -0.4 is 5.32 Å². The van der Waals surface area contributed by atoms with Gasteiger partial charge in [-0.15, -0.1) is 0 Å². The molecule has 0 aliphatic heterocycles. The maximum atomic E-state index is 10.7. The largest absolute Gasteiger partial charge is 0.465 e. The predicted molar refractivity (Wildman–Crippen MR) is 119 cm³/mol. The number of benzene rings is 2. The number of hydrogen-bond acceptors (Lipinski definition) is 2. The Balaban J connectivity index is 0.00000190. The lowest BCUT2D eigenvalue weighted by molar-refractivity contribution is 0.194. The minimum absolute atomic E-state index is 0.213. The van der Waals surface area contributed by atoms with E-state index >= 15 is 0 Å². The van der Waals surface area contributed by atoms with Gasteiger partial charge in [0.05, 0.1) is 6.61 Å². The van der Waals surface area contributed by atoms with Crippen LogP contribution in [0.15, 0.2) is 42.5 Å². The van der Waals surface area contributed by atoms with E-state index in [-0.39, 0.29) is 5.04 Å². The third kappa shape index (κ3) is 7.48. The predicted octanol–water partition coefficient (Wildman–Crippen LogP) is 6.39. The van der Waals surface area contributed by atoms with E-state index in [1.807, 2.05) is 26.0 Å². The highest BCUT2D eigenvalue weighted by Gasteiger charge is 2.23. The summed E-state index contributed by atoms with van der Waals surface area (Å²) in [5, 5.41) is 11.4. The van der Waals surface area contributed by atoms with Crippen molar-refractivity contribution in [1.82, 2.24) is 5.32 Å². The molecule has 1 amide bonds. The van der Waals surface area contributed by atoms with Crippen LogP contribution in [0.2, 0.25) is 11.6 Å². The Morgan fingerprint density at radius 2 is 1.79 bits per heavy atom. The van der Waals surface area contributed by atoms with Gasteiger partial charge < -0.3 is 14.8 Å². The summed E-state index contributed by atoms with van der Waals surface area (Å²) >= 11 is 0. The highest BCUT2D eigenvalue weighted by atomic mass is 28.3. The van der Waals surface area contributed by atoms with Crippen LogP contribution in [0.5, 0.6) is 0 Å². The Kier molecular flexibility index (Phi) is 9.42. The number of amides is 1. The molecule has 0 aliphatic rings. The lowest BCUT2D eigenvalue weighted by Crippen LogP contribution is -2.25. The van der Waals surface area contributed by atoms with E-state index in [1.54, 1.807) is 0 Å². The van der Waals surface area contributed by atoms with Crippen LogP contribution in [0.4, 0.5) is 4.79 Å². The van der Waals surface area contributed by atoms with Crippen LogP contribution in [-0.2, 0) is 17.6 Å². The maximum Gasteiger partial charge on any atom is 0.404 e. The number of rotatable bonds is 6. The summed E-state index contributed by atoms with van der Waals surface area (Å²) < 4.78 is 6.13. The SMILES string of the molecule is CC.Cc1ccc(CNC(=O)O)cc1-c1cccc(CO[Si](C)C(C)(C)C)c1. The fourth-order valence-corrected chi connectivity index (χ4v) is 3.32. The molecule has 1 radical (unpaired) electrons. The van der Waals surface area contributed by atoms with E-state index in [4.69, 9.17) is 9.53 Å². The Hall–Kier alpha value is -2.11. The van der Waals surface area contributed by atoms with E-state index in [0.29, 0.717) is 13.2 Å². The average molecular weight is 401 g/mol. The number of hydrogen-bond donors (Lipinski definition) is 2. The third-order valence-electron chi connectivity index (χ3n) is 4.50. The average Bonchev–Trinajstić information content (AvgIpc) is 2.66. The van der Waals surface area contributed by atoms with E-state index in [1.165, 1.54) is 0 Å². The molecule has 0 saturated heterocycles. The highest BCUT2D eigenvalue weighted by Crippen LogP contribution is 2.29. The number of carboxylic acid groups (broad SMARTS) is 1. The van der Waals surface area contributed by atoms with Crippen molar-refractivity contribution in [3.05, 3.63) is 59.2 Å². The first-order valence-corrected chi connectivity index (χ1v) is 11.7. The number of carbonyl (C=O) groups is 1. The molecule has 0 spiro atoms. The highest BCUT2D eigenvalue weighted by molar-refractivity contribution is 6.53. The third-order valence-corrected chi connectivity index (χ3v) is 7.18. The van der Waals surface area contributed by atoms with Crippen LogP contribution in [0.3, 0.4) is 0 Å². The number of aryl methyl sites for hydroxylation is 1. The van der Waals surface area contributed by atoms with Gasteiger partial charge in [-0.3, -0.25) is 0 Å². The molecule has 153 valence electrons. The Morgan fingerprint density at radius 3 is 2.39 bits per heavy atom. The summed E-state index contributed by atoms with van der Waals surface area (Å²) in [5.74, 6) is 0. The molecule has 0 atom stereocenters. The minimum atomic E-state index is -1.01. The van der Waals surface area contributed by atoms with Crippen LogP contribution in [-0.4, -0.2) is 20.2 Å². The van der Waals surface area contributed by atoms with E-state index in [2.05, 4.69) is 69.9 Å². The molecule has 0 unspecified atom stereocenters. The molecule has 4 nitrogen and oxygen atoms in total. The Morgan fingerprint density at radius 1 is 1.11 bits per heavy atom. The fourth-order valence-electron chi connectivity index (χ4n) is 2.50. The molecule has 0 fully saturated rings. The molecule has 2 aromatic carbocycles. The summed E-state index contributed by atoms with van der Waals surface area (Å²) in [7, 11) is -0.873. The lowest BCUT2D eigenvalue weighted by Gasteiger charge is -2.24. The normalized spacial score (nSPS) is 11.0. The second-order valence-electron chi connectivity index (χ2n) is 7.60. The minimum Gasteiger partial charge on any atom is -0.465 e. The van der Waals surface area contributed by atoms with Gasteiger partial charge in [-0.05, 0) is 58.5 Å². The van der Waals surface area contributed by atoms with Crippen LogP contribution in [0.1, 0.15) is 51.3 Å². The summed E-state index contributed by atoms with van der Waals surface area (Å²) in [6.07, 6.45) is -1.01. The van der Waals surface area contributed by atoms with Crippen molar-refractivity contribution in [3.63, 3.8) is 0 Å². The van der Waals surface area contributed by atoms with E-state index in [9.17, 15) is 4.79 Å². The molecule has 2 N–H and O–H groups in total. The van der Waals surface area contributed by atoms with Crippen molar-refractivity contribution in [2.75, 3.05) is 0 Å². The van der Waals surface area contributed by atoms with Gasteiger partial charge in [0.2, 0.25) is 9.04 Å². The topological polar surface area (TPSA) is 58.6 Å². The molecule has 2 rings (SSSR count). The molecule has 0 heterocycles. The summed E-state index contributed by atoms with van der Waals surface area (Å²) in [6.45, 7) is 15.9. The lowest BCUT2D eigenvalue weighted by atomic mass is 9.97. The molecule has 28 heavy (non-hydrogen) atoms. The number of nitrogens with one attached hydrogen (secondary N) is 1. The molecular weight excluding hydrogens is 366 g/mol. The summed E-state index contributed by atoms with van der Waals surface area (Å²) in [4.78, 5) is 10.7. The van der Waals surface area contributed by atoms with Gasteiger partial charge in [-0.2, -0.15) is 0 Å². The fraction of sp³-hybridized carbons (Fsp3) is 0.435. The molecule has 0 aromatic heterocycles. The van der Waals surface area contributed by atoms with Gasteiger partial charge in [0.1, 0.15) is 0 Å². The molecule has 0 saturated carbocycles. The van der Waals surface area contributed by atoms with Crippen molar-refractivity contribution in [2.24, 2.45) is 0 Å². The zero-order chi connectivity index (χ0) is 21.3. The first kappa shape index (κ1) is 23.9. The second-order valence-corrected chi connectivity index (χ2v) is 10.5. The first-order valence-electron chi connectivity index (χ1n) is 9.79. The van der Waals surface area contributed by atoms with Crippen molar-refractivity contribution >= 4 is 15.1 Å². The van der Waals surface area contributed by atoms with Crippen molar-refractivity contribution in [2.45, 2.75) is 66.3 Å². The van der Waals surface area contributed by atoms with Crippen molar-refractivity contribution in [1.29, 1.82) is 0 Å². The van der Waals surface area contributed by atoms with E-state index in [0.717, 1.165) is 27.8 Å². The molecule has 2 aromatic rings.